The van der Waals surface area contributed by atoms with Gasteiger partial charge in [0.2, 0.25) is 59.1 Å². The number of likely N-dealkylation sites (tertiary alicyclic amines) is 4. The Morgan fingerprint density at radius 2 is 0.792 bits per heavy atom. The minimum atomic E-state index is -1.77. The van der Waals surface area contributed by atoms with E-state index in [9.17, 15) is 88.2 Å². The first-order valence-electron chi connectivity index (χ1n) is 34.3. The number of amides is 10. The number of aliphatic carboxylic acids is 2. The molecule has 4 aliphatic heterocycles. The lowest BCUT2D eigenvalue weighted by Gasteiger charge is -2.35. The number of carbonyl (C=O) groups is 12. The minimum absolute atomic E-state index is 0.0148. The molecule has 4 saturated heterocycles. The topological polar surface area (TPSA) is 635 Å². The predicted octanol–water partition coefficient (Wildman–Crippen LogP) is -9.04. The normalized spacial score (nSPS) is 20.4. The minimum Gasteiger partial charge on any atom is -0.480 e. The van der Waals surface area contributed by atoms with Gasteiger partial charge in [-0.15, -0.1) is 0 Å². The predicted molar refractivity (Wildman–Crippen MR) is 360 cm³/mol. The van der Waals surface area contributed by atoms with E-state index < -0.39 is 189 Å². The average molecular weight is 1440 g/mol. The van der Waals surface area contributed by atoms with Crippen LogP contribution in [0.3, 0.4) is 0 Å². The summed E-state index contributed by atoms with van der Waals surface area (Å²) in [6, 6.07) is -11.8. The molecule has 0 aromatic carbocycles. The van der Waals surface area contributed by atoms with Crippen molar-refractivity contribution in [2.24, 2.45) is 44.4 Å². The highest BCUT2D eigenvalue weighted by Crippen LogP contribution is 2.29. The summed E-state index contributed by atoms with van der Waals surface area (Å²) in [5.74, 6) is -9.83. The van der Waals surface area contributed by atoms with Gasteiger partial charge in [0.1, 0.15) is 68.7 Å². The summed E-state index contributed by atoms with van der Waals surface area (Å²) >= 11 is 0. The van der Waals surface area contributed by atoms with Crippen LogP contribution >= 0.6 is 0 Å². The summed E-state index contributed by atoms with van der Waals surface area (Å²) in [6.07, 6.45) is -1.18. The van der Waals surface area contributed by atoms with Crippen molar-refractivity contribution in [3.63, 3.8) is 0 Å². The molecule has 26 N–H and O–H groups in total. The first-order chi connectivity index (χ1) is 48.0. The van der Waals surface area contributed by atoms with Crippen molar-refractivity contribution < 1.29 is 97.6 Å². The molecule has 572 valence electrons. The third-order valence-corrected chi connectivity index (χ3v) is 17.6. The first-order valence-corrected chi connectivity index (χ1v) is 34.3. The number of carboxylic acid groups (broad SMARTS) is 2. The van der Waals surface area contributed by atoms with Crippen LogP contribution in [-0.4, -0.2) is 304 Å². The van der Waals surface area contributed by atoms with Gasteiger partial charge in [0.05, 0.1) is 49.5 Å². The Kier molecular flexibility index (Phi) is 37.3. The summed E-state index contributed by atoms with van der Waals surface area (Å²) < 4.78 is 10.3. The molecule has 0 radical (unpaired) electrons. The molecule has 40 nitrogen and oxygen atoms in total. The molecule has 0 spiro atoms. The number of aliphatic hydroxyl groups excluding tert-OH is 4. The number of guanidine groups is 2. The molecule has 14 atom stereocenters. The molecule has 0 saturated carbocycles. The molecule has 4 heterocycles. The number of rotatable bonds is 46. The van der Waals surface area contributed by atoms with Crippen LogP contribution in [0, 0.1) is 0 Å². The maximum atomic E-state index is 14.4. The Bertz CT molecular complexity index is 2630. The van der Waals surface area contributed by atoms with E-state index in [1.807, 2.05) is 0 Å². The number of aliphatic imine (C=N–C) groups is 2. The monoisotopic (exact) mass is 1440 g/mol. The Labute approximate surface area is 585 Å². The fourth-order valence-corrected chi connectivity index (χ4v) is 12.4. The van der Waals surface area contributed by atoms with Crippen molar-refractivity contribution in [1.82, 2.24) is 62.1 Å². The van der Waals surface area contributed by atoms with Gasteiger partial charge >= 0.3 is 11.9 Å². The second kappa shape index (κ2) is 44.2. The Hall–Kier alpha value is -8.22. The highest BCUT2D eigenvalue weighted by molar-refractivity contribution is 5.96. The summed E-state index contributed by atoms with van der Waals surface area (Å²) in [4.78, 5) is 173. The SMILES string of the molecule is CC(O)C(NC(=O)CNC(=O)COCOCC(=O)NCC(=O)NC(C(C)O)C(O)N[C@@H](CCCCN)C(=O)N1CCC[C@H]1C(=O)N1CCC[C@H]1C(=O)N[C@H](CCCN=C(N)N)C(=O)O)C(O)N[C@@H](CCCCN)C(=O)N1CCC[C@H]1C(=O)N1CCC[C@H]1C(=O)N[C@H](CCCN=C(N)N)C(=O)O. The van der Waals surface area contributed by atoms with E-state index in [1.165, 1.54) is 33.4 Å². The molecule has 0 bridgehead atoms. The summed E-state index contributed by atoms with van der Waals surface area (Å²) in [5.41, 5.74) is 32.9. The van der Waals surface area contributed by atoms with Crippen LogP contribution in [0.2, 0.25) is 0 Å². The Morgan fingerprint density at radius 3 is 1.12 bits per heavy atom. The van der Waals surface area contributed by atoms with E-state index in [2.05, 4.69) is 52.5 Å². The molecule has 10 amide bonds. The van der Waals surface area contributed by atoms with Gasteiger partial charge < -0.3 is 126 Å². The van der Waals surface area contributed by atoms with E-state index >= 15 is 0 Å². The second-order valence-corrected chi connectivity index (χ2v) is 25.4. The van der Waals surface area contributed by atoms with Crippen molar-refractivity contribution in [2.45, 2.75) is 215 Å². The molecule has 4 aliphatic rings. The summed E-state index contributed by atoms with van der Waals surface area (Å²) in [6.45, 7) is 0.667. The molecule has 0 aromatic heterocycles. The molecule has 0 aromatic rings. The number of carboxylic acids is 2. The van der Waals surface area contributed by atoms with Gasteiger partial charge in [-0.05, 0) is 130 Å². The number of hydrogen-bond donors (Lipinski definition) is 20. The number of hydrogen-bond acceptors (Lipinski definition) is 24. The number of ether oxygens (including phenoxy) is 2. The largest absolute Gasteiger partial charge is 0.480 e. The fraction of sp³-hybridized carbons (Fsp3) is 0.770. The fourth-order valence-electron chi connectivity index (χ4n) is 12.4. The van der Waals surface area contributed by atoms with Crippen LogP contribution in [-0.2, 0) is 67.0 Å². The smallest absolute Gasteiger partial charge is 0.326 e. The number of nitrogens with zero attached hydrogens (tertiary/aromatic N) is 6. The third-order valence-electron chi connectivity index (χ3n) is 17.6. The van der Waals surface area contributed by atoms with Crippen molar-refractivity contribution in [3.05, 3.63) is 0 Å². The van der Waals surface area contributed by atoms with E-state index in [4.69, 9.17) is 43.9 Å². The van der Waals surface area contributed by atoms with Crippen molar-refractivity contribution in [1.29, 1.82) is 0 Å². The number of nitrogens with two attached hydrogens (primary N) is 6. The molecule has 101 heavy (non-hydrogen) atoms. The quantitative estimate of drug-likeness (QED) is 0.0116. The van der Waals surface area contributed by atoms with Gasteiger partial charge in [-0.1, -0.05) is 12.8 Å². The highest BCUT2D eigenvalue weighted by atomic mass is 16.7. The lowest BCUT2D eigenvalue weighted by molar-refractivity contribution is -0.149. The van der Waals surface area contributed by atoms with Crippen molar-refractivity contribution >= 4 is 82.9 Å². The van der Waals surface area contributed by atoms with Crippen LogP contribution in [0.1, 0.15) is 129 Å². The van der Waals surface area contributed by atoms with Crippen molar-refractivity contribution in [2.75, 3.05) is 85.5 Å². The maximum Gasteiger partial charge on any atom is 0.326 e. The van der Waals surface area contributed by atoms with Gasteiger partial charge in [-0.2, -0.15) is 0 Å². The Morgan fingerprint density at radius 1 is 0.455 bits per heavy atom. The van der Waals surface area contributed by atoms with Crippen LogP contribution in [0.4, 0.5) is 0 Å². The lowest BCUT2D eigenvalue weighted by Crippen LogP contribution is -2.61. The molecular formula is C61H108N20O20. The lowest BCUT2D eigenvalue weighted by atomic mass is 10.0. The van der Waals surface area contributed by atoms with Gasteiger partial charge in [-0.25, -0.2) is 9.59 Å². The second-order valence-electron chi connectivity index (χ2n) is 25.4. The average Bonchev–Trinajstić information content (AvgIpc) is 1.68. The van der Waals surface area contributed by atoms with Gasteiger partial charge in [0.25, 0.3) is 0 Å². The van der Waals surface area contributed by atoms with Gasteiger partial charge in [0, 0.05) is 39.3 Å². The molecular weight excluding hydrogens is 1330 g/mol. The number of nitrogens with one attached hydrogen (secondary N) is 8. The zero-order chi connectivity index (χ0) is 74.9. The van der Waals surface area contributed by atoms with E-state index in [-0.39, 0.29) is 128 Å². The zero-order valence-electron chi connectivity index (χ0n) is 57.5. The maximum absolute atomic E-state index is 14.4. The van der Waals surface area contributed by atoms with E-state index in [0.29, 0.717) is 51.4 Å². The number of unbranched alkanes of at least 4 members (excludes halogenated alkanes) is 2. The van der Waals surface area contributed by atoms with Crippen LogP contribution in [0.15, 0.2) is 9.98 Å². The van der Waals surface area contributed by atoms with Gasteiger partial charge in [-0.3, -0.25) is 68.6 Å². The molecule has 0 aliphatic carbocycles. The van der Waals surface area contributed by atoms with Crippen LogP contribution < -0.4 is 76.9 Å². The van der Waals surface area contributed by atoms with Crippen molar-refractivity contribution in [3.8, 4) is 0 Å². The summed E-state index contributed by atoms with van der Waals surface area (Å²) in [7, 11) is 0. The Balaban J connectivity index is 1.22. The molecule has 4 rings (SSSR count). The van der Waals surface area contributed by atoms with Crippen LogP contribution in [0.25, 0.3) is 0 Å². The summed E-state index contributed by atoms with van der Waals surface area (Å²) in [5, 5.41) is 83.9. The first kappa shape index (κ1) is 85.2. The molecule has 6 unspecified atom stereocenters. The van der Waals surface area contributed by atoms with Gasteiger partial charge in [0.15, 0.2) is 11.9 Å². The molecule has 4 fully saturated rings. The zero-order valence-corrected chi connectivity index (χ0v) is 57.5. The molecule has 40 heteroatoms. The number of aliphatic hydroxyl groups is 4. The van der Waals surface area contributed by atoms with E-state index in [1.54, 1.807) is 0 Å². The highest BCUT2D eigenvalue weighted by Gasteiger charge is 2.47. The third kappa shape index (κ3) is 28.3. The van der Waals surface area contributed by atoms with Crippen LogP contribution in [0.5, 0.6) is 0 Å². The van der Waals surface area contributed by atoms with E-state index in [0.717, 1.165) is 0 Å². The standard InChI is InChI=1S/C61H108N20O20/c1-34(82)48(52(90)72-36(13-3-5-21-62)54(92)80-27-11-19-42(80)56(94)78-25-9-17-40(78)50(88)74-38(58(96)97)15-7-23-68-60(64)65)76-44(84)29-70-46(86)31-100-33-101-32-47(87)71-30-45(85)77-49(35(2)83)53(91)73-37(14-4-6-22-63)55(93)81-28-12-20-43(81)57(95)79-26-10-18-41(79)51(89)75-39(59(98)99)16-8-24-69-61(66)67/h34-43,48-49,52-53,72-73,82-83,90-91H,3-33,62-63H2,1-2H3,(H,70,86)(H,71,87)(H,74,88)(H,75,89)(H,76,84)(H,77,85)(H,96,97)(H,98,99)(H4,64,65,68)(H4,66,67,69)/t34?,35?,36-,37-,38+,39+,40-,41-,42-,43-,48?,49?,52?,53?/m0/s1. The number of carbonyl (C=O) groups excluding carboxylic acids is 10.